The Hall–Kier alpha value is -2.28. The third-order valence-corrected chi connectivity index (χ3v) is 5.77. The van der Waals surface area contributed by atoms with E-state index >= 15 is 0 Å². The Labute approximate surface area is 156 Å². The number of aromatic nitrogens is 2. The number of nitrogens with one attached hydrogen (secondary N) is 1. The average Bonchev–Trinajstić information content (AvgIpc) is 3.38. The maximum Gasteiger partial charge on any atom is 0.341 e. The van der Waals surface area contributed by atoms with Gasteiger partial charge in [-0.05, 0) is 57.2 Å². The van der Waals surface area contributed by atoms with Gasteiger partial charge in [0.05, 0.1) is 11.1 Å². The fourth-order valence-electron chi connectivity index (χ4n) is 4.19. The maximum atomic E-state index is 14.8. The average molecular weight is 373 g/mol. The Bertz CT molecular complexity index is 952. The van der Waals surface area contributed by atoms with E-state index in [4.69, 9.17) is 0 Å². The Kier molecular flexibility index (Phi) is 4.72. The van der Waals surface area contributed by atoms with Crippen molar-refractivity contribution in [2.24, 2.45) is 5.92 Å². The van der Waals surface area contributed by atoms with Gasteiger partial charge in [0, 0.05) is 18.2 Å². The predicted octanol–water partition coefficient (Wildman–Crippen LogP) is 3.06. The molecular weight excluding hydrogens is 349 g/mol. The topological polar surface area (TPSA) is 84.2 Å². The second-order valence-electron chi connectivity index (χ2n) is 7.73. The van der Waals surface area contributed by atoms with Crippen molar-refractivity contribution >= 4 is 17.0 Å². The lowest BCUT2D eigenvalue weighted by Crippen LogP contribution is -2.21. The Balaban J connectivity index is 1.77. The second kappa shape index (κ2) is 7.03. The Morgan fingerprint density at radius 1 is 1.37 bits per heavy atom. The molecule has 0 spiro atoms. The summed E-state index contributed by atoms with van der Waals surface area (Å²) in [5, 5.41) is 12.7. The Morgan fingerprint density at radius 3 is 2.81 bits per heavy atom. The predicted molar refractivity (Wildman–Crippen MR) is 99.8 cm³/mol. The molecular formula is C20H24FN3O3. The summed E-state index contributed by atoms with van der Waals surface area (Å²) in [7, 11) is 0. The minimum atomic E-state index is -1.29. The van der Waals surface area contributed by atoms with Gasteiger partial charge in [0.15, 0.2) is 0 Å². The second-order valence-corrected chi connectivity index (χ2v) is 7.73. The number of hydrogen-bond acceptors (Lipinski definition) is 4. The quantitative estimate of drug-likeness (QED) is 0.813. The molecule has 2 aliphatic carbocycles. The molecule has 4 rings (SSSR count). The van der Waals surface area contributed by atoms with Crippen LogP contribution in [-0.2, 0) is 0 Å². The molecule has 0 saturated heterocycles. The highest BCUT2D eigenvalue weighted by molar-refractivity contribution is 5.91. The van der Waals surface area contributed by atoms with Gasteiger partial charge in [-0.15, -0.1) is 0 Å². The number of halogens is 1. The summed E-state index contributed by atoms with van der Waals surface area (Å²) in [6, 6.07) is 1.34. The zero-order valence-electron chi connectivity index (χ0n) is 15.4. The van der Waals surface area contributed by atoms with E-state index in [2.05, 4.69) is 17.2 Å². The number of carboxylic acids is 1. The van der Waals surface area contributed by atoms with E-state index in [0.717, 1.165) is 45.2 Å². The van der Waals surface area contributed by atoms with Gasteiger partial charge < -0.3 is 15.0 Å². The summed E-state index contributed by atoms with van der Waals surface area (Å²) in [6.45, 7) is 3.92. The molecule has 0 bridgehead atoms. The number of hydrogen-bond donors (Lipinski definition) is 2. The molecule has 2 heterocycles. The van der Waals surface area contributed by atoms with E-state index in [0.29, 0.717) is 17.3 Å². The van der Waals surface area contributed by atoms with Gasteiger partial charge >= 0.3 is 5.97 Å². The minimum Gasteiger partial charge on any atom is -0.477 e. The summed E-state index contributed by atoms with van der Waals surface area (Å²) < 4.78 is 16.6. The number of rotatable bonds is 6. The molecule has 0 aromatic carbocycles. The molecule has 7 heteroatoms. The first kappa shape index (κ1) is 18.1. The van der Waals surface area contributed by atoms with E-state index < -0.39 is 17.2 Å². The van der Waals surface area contributed by atoms with Gasteiger partial charge in [-0.25, -0.2) is 14.2 Å². The molecule has 2 saturated carbocycles. The molecule has 0 aliphatic heterocycles. The number of carboxylic acid groups (broad SMARTS) is 1. The summed E-state index contributed by atoms with van der Waals surface area (Å²) >= 11 is 0. The van der Waals surface area contributed by atoms with Crippen molar-refractivity contribution in [1.82, 2.24) is 14.9 Å². The fourth-order valence-corrected chi connectivity index (χ4v) is 4.19. The van der Waals surface area contributed by atoms with E-state index in [1.165, 1.54) is 12.3 Å². The maximum absolute atomic E-state index is 14.8. The highest BCUT2D eigenvalue weighted by Gasteiger charge is 2.31. The van der Waals surface area contributed by atoms with Gasteiger partial charge in [0.2, 0.25) is 5.43 Å². The van der Waals surface area contributed by atoms with Crippen LogP contribution in [0.2, 0.25) is 0 Å². The number of pyridine rings is 2. The standard InChI is InChI=1S/C20H24FN3O3/c1-2-22-9-11-3-4-12(7-11)17-16(21)8-14-18(25)15(20(26)27)10-24(13-5-6-13)19(14)23-17/h8,10-13,22H,2-7,9H2,1H3,(H,26,27). The van der Waals surface area contributed by atoms with Crippen LogP contribution in [0.1, 0.15) is 67.0 Å². The van der Waals surface area contributed by atoms with Crippen molar-refractivity contribution < 1.29 is 14.3 Å². The highest BCUT2D eigenvalue weighted by Crippen LogP contribution is 2.40. The van der Waals surface area contributed by atoms with Gasteiger partial charge in [0.1, 0.15) is 17.0 Å². The van der Waals surface area contributed by atoms with Crippen LogP contribution in [0, 0.1) is 11.7 Å². The number of nitrogens with zero attached hydrogens (tertiary/aromatic N) is 2. The zero-order chi connectivity index (χ0) is 19.1. The first-order chi connectivity index (χ1) is 13.0. The third kappa shape index (κ3) is 3.36. The lowest BCUT2D eigenvalue weighted by atomic mass is 9.99. The molecule has 2 unspecified atom stereocenters. The van der Waals surface area contributed by atoms with Crippen LogP contribution in [0.25, 0.3) is 11.0 Å². The van der Waals surface area contributed by atoms with Crippen LogP contribution in [0.4, 0.5) is 4.39 Å². The van der Waals surface area contributed by atoms with Crippen LogP contribution in [0.5, 0.6) is 0 Å². The van der Waals surface area contributed by atoms with Crippen molar-refractivity contribution in [2.75, 3.05) is 13.1 Å². The van der Waals surface area contributed by atoms with E-state index in [1.54, 1.807) is 4.57 Å². The smallest absolute Gasteiger partial charge is 0.341 e. The van der Waals surface area contributed by atoms with Crippen molar-refractivity contribution in [2.45, 2.75) is 51.0 Å². The SMILES string of the molecule is CCNCC1CCC(c2nc3c(cc2F)c(=O)c(C(=O)O)cn3C2CC2)C1. The van der Waals surface area contributed by atoms with Crippen LogP contribution in [0.15, 0.2) is 17.1 Å². The van der Waals surface area contributed by atoms with Gasteiger partial charge in [-0.3, -0.25) is 4.79 Å². The molecule has 0 amide bonds. The number of carbonyl (C=O) groups is 1. The molecule has 2 aromatic rings. The van der Waals surface area contributed by atoms with Crippen molar-refractivity contribution in [3.8, 4) is 0 Å². The largest absolute Gasteiger partial charge is 0.477 e. The van der Waals surface area contributed by atoms with Gasteiger partial charge in [-0.2, -0.15) is 0 Å². The molecule has 144 valence electrons. The molecule has 2 aliphatic rings. The Morgan fingerprint density at radius 2 is 2.15 bits per heavy atom. The minimum absolute atomic E-state index is 0.0416. The van der Waals surface area contributed by atoms with Crippen molar-refractivity contribution in [3.63, 3.8) is 0 Å². The lowest BCUT2D eigenvalue weighted by Gasteiger charge is -2.16. The molecule has 2 fully saturated rings. The molecule has 0 radical (unpaired) electrons. The lowest BCUT2D eigenvalue weighted by molar-refractivity contribution is 0.0695. The highest BCUT2D eigenvalue weighted by atomic mass is 19.1. The van der Waals surface area contributed by atoms with Crippen molar-refractivity contribution in [1.29, 1.82) is 0 Å². The molecule has 6 nitrogen and oxygen atoms in total. The summed E-state index contributed by atoms with van der Waals surface area (Å²) in [5.41, 5.74) is -0.156. The van der Waals surface area contributed by atoms with E-state index in [9.17, 15) is 19.1 Å². The molecule has 2 aromatic heterocycles. The van der Waals surface area contributed by atoms with Gasteiger partial charge in [0.25, 0.3) is 0 Å². The first-order valence-electron chi connectivity index (χ1n) is 9.68. The summed E-state index contributed by atoms with van der Waals surface area (Å²) in [5.74, 6) is -1.24. The van der Waals surface area contributed by atoms with E-state index in [-0.39, 0.29) is 22.9 Å². The fraction of sp³-hybridized carbons (Fsp3) is 0.550. The van der Waals surface area contributed by atoms with E-state index in [1.807, 2.05) is 0 Å². The van der Waals surface area contributed by atoms with Crippen LogP contribution < -0.4 is 10.7 Å². The normalized spacial score (nSPS) is 22.4. The molecule has 27 heavy (non-hydrogen) atoms. The number of fused-ring (bicyclic) bond motifs is 1. The summed E-state index contributed by atoms with van der Waals surface area (Å²) in [4.78, 5) is 28.5. The monoisotopic (exact) mass is 373 g/mol. The van der Waals surface area contributed by atoms with Crippen LogP contribution in [-0.4, -0.2) is 33.7 Å². The number of aromatic carboxylic acids is 1. The molecule has 2 atom stereocenters. The first-order valence-corrected chi connectivity index (χ1v) is 9.68. The molecule has 2 N–H and O–H groups in total. The summed E-state index contributed by atoms with van der Waals surface area (Å²) in [6.07, 6.45) is 6.00. The zero-order valence-corrected chi connectivity index (χ0v) is 15.4. The van der Waals surface area contributed by atoms with Crippen LogP contribution in [0.3, 0.4) is 0 Å². The van der Waals surface area contributed by atoms with Crippen LogP contribution >= 0.6 is 0 Å². The van der Waals surface area contributed by atoms with Crippen molar-refractivity contribution in [3.05, 3.63) is 39.6 Å². The van der Waals surface area contributed by atoms with Gasteiger partial charge in [-0.1, -0.05) is 6.92 Å². The third-order valence-electron chi connectivity index (χ3n) is 5.77.